The van der Waals surface area contributed by atoms with Gasteiger partial charge >= 0.3 is 11.8 Å². The molecule has 0 atom stereocenters. The molecule has 1 rings (SSSR count). The first-order chi connectivity index (χ1) is 6.09. The summed E-state index contributed by atoms with van der Waals surface area (Å²) in [5, 5.41) is 0. The van der Waals surface area contributed by atoms with Gasteiger partial charge in [0, 0.05) is 0 Å². The van der Waals surface area contributed by atoms with Crippen molar-refractivity contribution < 1.29 is 18.4 Å². The fourth-order valence-electron chi connectivity index (χ4n) is 0.641. The Bertz CT molecular complexity index is 332. The van der Waals surface area contributed by atoms with Crippen molar-refractivity contribution in [1.29, 1.82) is 0 Å². The van der Waals surface area contributed by atoms with Crippen molar-refractivity contribution in [3.05, 3.63) is 22.6 Å². The van der Waals surface area contributed by atoms with Crippen LogP contribution in [0.4, 0.5) is 0 Å². The van der Waals surface area contributed by atoms with Crippen LogP contribution >= 0.6 is 0 Å². The van der Waals surface area contributed by atoms with Gasteiger partial charge in [-0.25, -0.2) is 4.79 Å². The van der Waals surface area contributed by atoms with Crippen molar-refractivity contribution in [2.75, 3.05) is 0 Å². The van der Waals surface area contributed by atoms with Crippen LogP contribution in [0, 0.1) is 5.92 Å². The van der Waals surface area contributed by atoms with Crippen molar-refractivity contribution in [3.8, 4) is 0 Å². The summed E-state index contributed by atoms with van der Waals surface area (Å²) < 4.78 is 13.6. The fourth-order valence-corrected chi connectivity index (χ4v) is 0.641. The minimum atomic E-state index is -0.796. The molecule has 0 bridgehead atoms. The molecule has 0 saturated carbocycles. The van der Waals surface area contributed by atoms with E-state index in [1.807, 2.05) is 0 Å². The third-order valence-corrected chi connectivity index (χ3v) is 1.33. The van der Waals surface area contributed by atoms with E-state index in [9.17, 15) is 9.59 Å². The SMILES string of the molecule is CC(C)C(=O)OCc1coc(=O)o1. The Kier molecular flexibility index (Phi) is 2.89. The van der Waals surface area contributed by atoms with Gasteiger partial charge in [-0.1, -0.05) is 13.8 Å². The number of hydrogen-bond donors (Lipinski definition) is 0. The minimum absolute atomic E-state index is 0.0667. The van der Waals surface area contributed by atoms with E-state index in [1.54, 1.807) is 13.8 Å². The first-order valence-corrected chi connectivity index (χ1v) is 3.83. The Morgan fingerprint density at radius 1 is 1.62 bits per heavy atom. The molecule has 72 valence electrons. The molecule has 0 aromatic carbocycles. The van der Waals surface area contributed by atoms with Gasteiger partial charge in [0.1, 0.15) is 6.26 Å². The molecule has 1 aromatic rings. The zero-order valence-electron chi connectivity index (χ0n) is 7.40. The minimum Gasteiger partial charge on any atom is -0.457 e. The largest absolute Gasteiger partial charge is 0.518 e. The molecular weight excluding hydrogens is 176 g/mol. The van der Waals surface area contributed by atoms with Gasteiger partial charge in [-0.2, -0.15) is 0 Å². The molecule has 1 aromatic heterocycles. The predicted molar refractivity (Wildman–Crippen MR) is 41.9 cm³/mol. The molecule has 5 nitrogen and oxygen atoms in total. The van der Waals surface area contributed by atoms with Crippen LogP contribution in [0.2, 0.25) is 0 Å². The van der Waals surface area contributed by atoms with Crippen molar-refractivity contribution in [2.45, 2.75) is 20.5 Å². The lowest BCUT2D eigenvalue weighted by molar-refractivity contribution is -0.149. The van der Waals surface area contributed by atoms with Gasteiger partial charge in [0.15, 0.2) is 12.4 Å². The van der Waals surface area contributed by atoms with Crippen LogP contribution in [0.5, 0.6) is 0 Å². The highest BCUT2D eigenvalue weighted by molar-refractivity contribution is 5.71. The van der Waals surface area contributed by atoms with E-state index in [-0.39, 0.29) is 24.3 Å². The highest BCUT2D eigenvalue weighted by atomic mass is 16.6. The van der Waals surface area contributed by atoms with E-state index in [0.29, 0.717) is 0 Å². The lowest BCUT2D eigenvalue weighted by atomic mass is 10.2. The van der Waals surface area contributed by atoms with Crippen molar-refractivity contribution in [3.63, 3.8) is 0 Å². The van der Waals surface area contributed by atoms with E-state index in [0.717, 1.165) is 6.26 Å². The maximum absolute atomic E-state index is 11.0. The summed E-state index contributed by atoms with van der Waals surface area (Å²) in [5.74, 6) is -1.13. The quantitative estimate of drug-likeness (QED) is 0.657. The second kappa shape index (κ2) is 3.93. The zero-order chi connectivity index (χ0) is 9.84. The van der Waals surface area contributed by atoms with Crippen LogP contribution in [0.15, 0.2) is 19.9 Å². The Balaban J connectivity index is 2.44. The second-order valence-corrected chi connectivity index (χ2v) is 2.82. The number of carbonyl (C=O) groups is 1. The Morgan fingerprint density at radius 3 is 2.77 bits per heavy atom. The topological polar surface area (TPSA) is 69.7 Å². The highest BCUT2D eigenvalue weighted by Gasteiger charge is 2.10. The lowest BCUT2D eigenvalue weighted by Crippen LogP contribution is -2.11. The van der Waals surface area contributed by atoms with E-state index in [4.69, 9.17) is 4.74 Å². The standard InChI is InChI=1S/C8H10O5/c1-5(2)7(9)11-3-6-4-12-8(10)13-6/h4-5H,3H2,1-2H3. The van der Waals surface area contributed by atoms with Crippen LogP contribution in [-0.4, -0.2) is 5.97 Å². The van der Waals surface area contributed by atoms with Gasteiger partial charge in [-0.15, -0.1) is 0 Å². The van der Waals surface area contributed by atoms with Gasteiger partial charge in [0.05, 0.1) is 5.92 Å². The third kappa shape index (κ3) is 2.77. The van der Waals surface area contributed by atoms with Crippen LogP contribution in [-0.2, 0) is 16.1 Å². The lowest BCUT2D eigenvalue weighted by Gasteiger charge is -2.03. The monoisotopic (exact) mass is 186 g/mol. The van der Waals surface area contributed by atoms with Crippen LogP contribution in [0.3, 0.4) is 0 Å². The first-order valence-electron chi connectivity index (χ1n) is 3.83. The molecule has 13 heavy (non-hydrogen) atoms. The first kappa shape index (κ1) is 9.57. The molecule has 0 aliphatic rings. The van der Waals surface area contributed by atoms with Crippen molar-refractivity contribution in [2.24, 2.45) is 5.92 Å². The van der Waals surface area contributed by atoms with Crippen LogP contribution in [0.1, 0.15) is 19.6 Å². The summed E-state index contributed by atoms with van der Waals surface area (Å²) in [6.45, 7) is 3.37. The van der Waals surface area contributed by atoms with Crippen LogP contribution < -0.4 is 5.82 Å². The molecule has 0 spiro atoms. The van der Waals surface area contributed by atoms with Crippen molar-refractivity contribution in [1.82, 2.24) is 0 Å². The third-order valence-electron chi connectivity index (χ3n) is 1.33. The summed E-state index contributed by atoms with van der Waals surface area (Å²) in [7, 11) is 0. The molecule has 0 N–H and O–H groups in total. The predicted octanol–water partition coefficient (Wildman–Crippen LogP) is 0.932. The molecule has 0 radical (unpaired) electrons. The molecule has 0 aliphatic heterocycles. The summed E-state index contributed by atoms with van der Waals surface area (Å²) in [5.41, 5.74) is 0. The molecule has 0 amide bonds. The summed E-state index contributed by atoms with van der Waals surface area (Å²) in [6.07, 6.45) is 1.12. The maximum atomic E-state index is 11.0. The average Bonchev–Trinajstić information content (AvgIpc) is 2.47. The number of esters is 1. The zero-order valence-corrected chi connectivity index (χ0v) is 7.40. The van der Waals surface area contributed by atoms with Gasteiger partial charge in [-0.05, 0) is 0 Å². The van der Waals surface area contributed by atoms with Gasteiger partial charge in [0.2, 0.25) is 0 Å². The average molecular weight is 186 g/mol. The summed E-state index contributed by atoms with van der Waals surface area (Å²) in [4.78, 5) is 21.3. The van der Waals surface area contributed by atoms with Gasteiger partial charge in [-0.3, -0.25) is 4.79 Å². The molecule has 0 saturated heterocycles. The smallest absolute Gasteiger partial charge is 0.457 e. The van der Waals surface area contributed by atoms with E-state index in [2.05, 4.69) is 8.83 Å². The summed E-state index contributed by atoms with van der Waals surface area (Å²) in [6, 6.07) is 0. The molecule has 0 unspecified atom stereocenters. The fraction of sp³-hybridized carbons (Fsp3) is 0.500. The highest BCUT2D eigenvalue weighted by Crippen LogP contribution is 2.02. The number of ether oxygens (including phenoxy) is 1. The molecule has 0 fully saturated rings. The van der Waals surface area contributed by atoms with E-state index < -0.39 is 5.82 Å². The molecule has 5 heteroatoms. The number of rotatable bonds is 3. The van der Waals surface area contributed by atoms with Crippen molar-refractivity contribution >= 4 is 5.97 Å². The van der Waals surface area contributed by atoms with Crippen LogP contribution in [0.25, 0.3) is 0 Å². The Morgan fingerprint density at radius 2 is 2.31 bits per heavy atom. The molecule has 1 heterocycles. The summed E-state index contributed by atoms with van der Waals surface area (Å²) >= 11 is 0. The number of carbonyl (C=O) groups excluding carboxylic acids is 1. The van der Waals surface area contributed by atoms with E-state index >= 15 is 0 Å². The van der Waals surface area contributed by atoms with Gasteiger partial charge in [0.25, 0.3) is 0 Å². The maximum Gasteiger partial charge on any atom is 0.518 e. The second-order valence-electron chi connectivity index (χ2n) is 2.82. The van der Waals surface area contributed by atoms with Gasteiger partial charge < -0.3 is 13.6 Å². The molecular formula is C8H10O5. The Hall–Kier alpha value is -1.52. The number of hydrogen-bond acceptors (Lipinski definition) is 5. The normalized spacial score (nSPS) is 10.4. The Labute approximate surface area is 74.3 Å². The van der Waals surface area contributed by atoms with E-state index in [1.165, 1.54) is 0 Å². The molecule has 0 aliphatic carbocycles.